The Labute approximate surface area is 341 Å². The van der Waals surface area contributed by atoms with Crippen molar-refractivity contribution in [1.82, 2.24) is 19.5 Å². The predicted octanol–water partition coefficient (Wildman–Crippen LogP) is 14.5. The summed E-state index contributed by atoms with van der Waals surface area (Å²) in [5.41, 5.74) is 11.3. The SMILES string of the molecule is c1ccc(-c2nc(-n3c4ccccc4c4cc(-c5ccc6oc7c(-c8ccncc8)cccc7c6c5)c5sc6ccccc6c5c43)nc3c2ccc2ccccc23)cc1. The van der Waals surface area contributed by atoms with Crippen molar-refractivity contribution in [3.05, 3.63) is 182 Å². The molecule has 274 valence electrons. The molecule has 5 nitrogen and oxygen atoms in total. The molecule has 0 saturated carbocycles. The Kier molecular flexibility index (Phi) is 6.82. The van der Waals surface area contributed by atoms with Gasteiger partial charge in [0, 0.05) is 81.6 Å². The third-order valence-corrected chi connectivity index (χ3v) is 13.1. The molecule has 0 aliphatic rings. The van der Waals surface area contributed by atoms with Crippen LogP contribution in [0.1, 0.15) is 0 Å². The molecule has 59 heavy (non-hydrogen) atoms. The van der Waals surface area contributed by atoms with Crippen molar-refractivity contribution in [2.45, 2.75) is 0 Å². The highest BCUT2D eigenvalue weighted by Crippen LogP contribution is 2.48. The lowest BCUT2D eigenvalue weighted by Gasteiger charge is -2.14. The number of nitrogens with zero attached hydrogens (tertiary/aromatic N) is 4. The van der Waals surface area contributed by atoms with Gasteiger partial charge in [0.2, 0.25) is 5.95 Å². The van der Waals surface area contributed by atoms with Gasteiger partial charge < -0.3 is 4.42 Å². The summed E-state index contributed by atoms with van der Waals surface area (Å²) in [6, 6.07) is 60.4. The molecule has 13 aromatic rings. The zero-order valence-corrected chi connectivity index (χ0v) is 32.2. The summed E-state index contributed by atoms with van der Waals surface area (Å²) in [6.07, 6.45) is 3.66. The van der Waals surface area contributed by atoms with Gasteiger partial charge in [-0.25, -0.2) is 9.97 Å². The Balaban J connectivity index is 1.14. The van der Waals surface area contributed by atoms with Gasteiger partial charge in [-0.05, 0) is 65.0 Å². The fourth-order valence-corrected chi connectivity index (χ4v) is 10.5. The first kappa shape index (κ1) is 32.4. The van der Waals surface area contributed by atoms with E-state index in [-0.39, 0.29) is 0 Å². The third kappa shape index (κ3) is 4.75. The van der Waals surface area contributed by atoms with Gasteiger partial charge in [-0.2, -0.15) is 0 Å². The van der Waals surface area contributed by atoms with Crippen molar-refractivity contribution >= 4 is 96.9 Å². The minimum absolute atomic E-state index is 0.652. The molecular formula is C53H30N4OS. The summed E-state index contributed by atoms with van der Waals surface area (Å²) >= 11 is 1.84. The number of furan rings is 1. The van der Waals surface area contributed by atoms with Crippen LogP contribution < -0.4 is 0 Å². The van der Waals surface area contributed by atoms with E-state index in [9.17, 15) is 0 Å². The predicted molar refractivity (Wildman–Crippen MR) is 246 cm³/mol. The zero-order valence-electron chi connectivity index (χ0n) is 31.4. The van der Waals surface area contributed by atoms with Crippen molar-refractivity contribution in [3.63, 3.8) is 0 Å². The molecule has 0 spiro atoms. The number of aromatic nitrogens is 4. The van der Waals surface area contributed by atoms with E-state index in [2.05, 4.69) is 167 Å². The molecule has 0 amide bonds. The summed E-state index contributed by atoms with van der Waals surface area (Å²) in [5, 5.41) is 10.2. The number of fused-ring (bicyclic) bond motifs is 13. The molecule has 13 rings (SSSR count). The molecule has 0 N–H and O–H groups in total. The van der Waals surface area contributed by atoms with Crippen LogP contribution in [0.15, 0.2) is 187 Å². The molecule has 0 radical (unpaired) electrons. The maximum Gasteiger partial charge on any atom is 0.235 e. The number of rotatable bonds is 4. The van der Waals surface area contributed by atoms with Gasteiger partial charge >= 0.3 is 0 Å². The average molecular weight is 771 g/mol. The zero-order chi connectivity index (χ0) is 38.6. The number of para-hydroxylation sites is 2. The van der Waals surface area contributed by atoms with Gasteiger partial charge in [0.15, 0.2) is 0 Å². The lowest BCUT2D eigenvalue weighted by Crippen LogP contribution is -2.04. The van der Waals surface area contributed by atoms with Gasteiger partial charge in [-0.3, -0.25) is 9.55 Å². The highest BCUT2D eigenvalue weighted by molar-refractivity contribution is 7.26. The molecule has 0 aliphatic heterocycles. The largest absolute Gasteiger partial charge is 0.455 e. The molecule has 0 atom stereocenters. The van der Waals surface area contributed by atoms with Gasteiger partial charge in [0.25, 0.3) is 0 Å². The smallest absolute Gasteiger partial charge is 0.235 e. The summed E-state index contributed by atoms with van der Waals surface area (Å²) in [7, 11) is 0. The van der Waals surface area contributed by atoms with Crippen LogP contribution in [-0.2, 0) is 0 Å². The normalized spacial score (nSPS) is 12.1. The van der Waals surface area contributed by atoms with Crippen LogP contribution in [0.4, 0.5) is 0 Å². The van der Waals surface area contributed by atoms with Gasteiger partial charge in [-0.1, -0.05) is 121 Å². The van der Waals surface area contributed by atoms with Crippen LogP contribution >= 0.6 is 11.3 Å². The Morgan fingerprint density at radius 2 is 1.27 bits per heavy atom. The molecule has 8 aromatic carbocycles. The minimum Gasteiger partial charge on any atom is -0.455 e. The van der Waals surface area contributed by atoms with Gasteiger partial charge in [-0.15, -0.1) is 11.3 Å². The van der Waals surface area contributed by atoms with Crippen LogP contribution in [0.3, 0.4) is 0 Å². The summed E-state index contributed by atoms with van der Waals surface area (Å²) in [5.74, 6) is 0.652. The minimum atomic E-state index is 0.652. The molecule has 0 bridgehead atoms. The van der Waals surface area contributed by atoms with Crippen molar-refractivity contribution in [2.24, 2.45) is 0 Å². The highest BCUT2D eigenvalue weighted by Gasteiger charge is 2.24. The van der Waals surface area contributed by atoms with E-state index in [1.165, 1.54) is 25.7 Å². The van der Waals surface area contributed by atoms with E-state index in [0.29, 0.717) is 5.95 Å². The fraction of sp³-hybridized carbons (Fsp3) is 0. The molecule has 0 fully saturated rings. The molecule has 5 heterocycles. The number of thiophene rings is 1. The summed E-state index contributed by atoms with van der Waals surface area (Å²) in [6.45, 7) is 0. The van der Waals surface area contributed by atoms with Crippen LogP contribution in [0, 0.1) is 0 Å². The number of hydrogen-bond acceptors (Lipinski definition) is 5. The Hall–Kier alpha value is -7.67. The highest BCUT2D eigenvalue weighted by atomic mass is 32.1. The number of benzene rings is 8. The lowest BCUT2D eigenvalue weighted by molar-refractivity contribution is 0.670. The Morgan fingerprint density at radius 1 is 0.492 bits per heavy atom. The molecule has 0 unspecified atom stereocenters. The standard InChI is InChI=1S/C53H30N4OS/c1-2-12-33(13-3-1)48-40-23-21-31-11-4-5-14-35(31)49(40)56-53(55-48)57-44-19-8-6-15-37(44)43-30-41(52-47(50(43)57)39-16-7-9-20-46(39)59-52)34-22-24-45-42(29-34)38-18-10-17-36(51(38)58-45)32-25-27-54-28-26-32/h1-30H. The van der Waals surface area contributed by atoms with Crippen molar-refractivity contribution in [1.29, 1.82) is 0 Å². The van der Waals surface area contributed by atoms with Gasteiger partial charge in [0.05, 0.1) is 22.2 Å². The molecule has 0 saturated heterocycles. The molecule has 5 aromatic heterocycles. The first-order valence-electron chi connectivity index (χ1n) is 19.8. The topological polar surface area (TPSA) is 56.7 Å². The van der Waals surface area contributed by atoms with E-state index in [1.807, 2.05) is 35.9 Å². The van der Waals surface area contributed by atoms with Crippen LogP contribution in [0.25, 0.3) is 125 Å². The molecule has 0 aliphatic carbocycles. The molecule has 6 heteroatoms. The maximum absolute atomic E-state index is 6.61. The van der Waals surface area contributed by atoms with Crippen LogP contribution in [0.5, 0.6) is 0 Å². The Bertz CT molecular complexity index is 3840. The lowest BCUT2D eigenvalue weighted by atomic mass is 9.97. The van der Waals surface area contributed by atoms with Crippen LogP contribution in [-0.4, -0.2) is 19.5 Å². The number of pyridine rings is 1. The van der Waals surface area contributed by atoms with E-state index in [1.54, 1.807) is 0 Å². The van der Waals surface area contributed by atoms with E-state index < -0.39 is 0 Å². The van der Waals surface area contributed by atoms with Gasteiger partial charge in [0.1, 0.15) is 11.2 Å². The first-order chi connectivity index (χ1) is 29.3. The Morgan fingerprint density at radius 3 is 2.17 bits per heavy atom. The summed E-state index contributed by atoms with van der Waals surface area (Å²) < 4.78 is 11.4. The quantitative estimate of drug-likeness (QED) is 0.167. The monoisotopic (exact) mass is 770 g/mol. The summed E-state index contributed by atoms with van der Waals surface area (Å²) in [4.78, 5) is 15.3. The maximum atomic E-state index is 6.61. The second-order valence-electron chi connectivity index (χ2n) is 15.1. The second-order valence-corrected chi connectivity index (χ2v) is 16.2. The van der Waals surface area contributed by atoms with Crippen LogP contribution in [0.2, 0.25) is 0 Å². The van der Waals surface area contributed by atoms with Crippen molar-refractivity contribution < 1.29 is 4.42 Å². The van der Waals surface area contributed by atoms with E-state index >= 15 is 0 Å². The third-order valence-electron chi connectivity index (χ3n) is 11.9. The van der Waals surface area contributed by atoms with Crippen molar-refractivity contribution in [3.8, 4) is 39.5 Å². The van der Waals surface area contributed by atoms with Crippen molar-refractivity contribution in [2.75, 3.05) is 0 Å². The average Bonchev–Trinajstić information content (AvgIpc) is 3.98. The molecular weight excluding hydrogens is 741 g/mol. The fourth-order valence-electron chi connectivity index (χ4n) is 9.25. The number of hydrogen-bond donors (Lipinski definition) is 0. The van der Waals surface area contributed by atoms with E-state index in [4.69, 9.17) is 14.4 Å². The first-order valence-corrected chi connectivity index (χ1v) is 20.6. The second kappa shape index (κ2) is 12.4. The van der Waals surface area contributed by atoms with E-state index in [0.717, 1.165) is 93.4 Å².